The van der Waals surface area contributed by atoms with Crippen molar-refractivity contribution in [3.05, 3.63) is 18.5 Å². The van der Waals surface area contributed by atoms with Crippen molar-refractivity contribution in [3.63, 3.8) is 0 Å². The number of nitrogens with zero attached hydrogens (tertiary/aromatic N) is 2. The summed E-state index contributed by atoms with van der Waals surface area (Å²) in [6, 6.07) is 2.55. The van der Waals surface area contributed by atoms with Crippen molar-refractivity contribution in [2.75, 3.05) is 0 Å². The van der Waals surface area contributed by atoms with Gasteiger partial charge in [0.25, 0.3) is 0 Å². The van der Waals surface area contributed by atoms with Crippen molar-refractivity contribution >= 4 is 0 Å². The Labute approximate surface area is 60.9 Å². The largest absolute Gasteiger partial charge is 0.269 e. The van der Waals surface area contributed by atoms with Gasteiger partial charge < -0.3 is 0 Å². The highest BCUT2D eigenvalue weighted by atomic mass is 15.3. The third-order valence-corrected chi connectivity index (χ3v) is 2.17. The molecule has 1 saturated carbocycles. The van der Waals surface area contributed by atoms with Gasteiger partial charge in [-0.3, -0.25) is 4.68 Å². The van der Waals surface area contributed by atoms with E-state index in [0.717, 1.165) is 0 Å². The lowest BCUT2D eigenvalue weighted by atomic mass is 10.3. The lowest BCUT2D eigenvalue weighted by molar-refractivity contribution is 0.466. The molecule has 1 radical (unpaired) electrons. The highest BCUT2D eigenvalue weighted by Gasteiger charge is 2.15. The monoisotopic (exact) mass is 135 g/mol. The summed E-state index contributed by atoms with van der Waals surface area (Å²) >= 11 is 0. The third-order valence-electron chi connectivity index (χ3n) is 2.17. The molecule has 2 rings (SSSR count). The molecule has 53 valence electrons. The zero-order valence-corrected chi connectivity index (χ0v) is 5.95. The minimum atomic E-state index is 0.672. The first-order valence-corrected chi connectivity index (χ1v) is 3.88. The van der Waals surface area contributed by atoms with Gasteiger partial charge in [-0.25, -0.2) is 0 Å². The van der Waals surface area contributed by atoms with Crippen molar-refractivity contribution < 1.29 is 0 Å². The van der Waals surface area contributed by atoms with Gasteiger partial charge >= 0.3 is 0 Å². The first kappa shape index (κ1) is 5.96. The summed E-state index contributed by atoms with van der Waals surface area (Å²) in [6.45, 7) is 0. The summed E-state index contributed by atoms with van der Waals surface area (Å²) in [4.78, 5) is 0. The molecule has 0 N–H and O–H groups in total. The van der Waals surface area contributed by atoms with Crippen LogP contribution >= 0.6 is 0 Å². The van der Waals surface area contributed by atoms with Gasteiger partial charge in [0.2, 0.25) is 0 Å². The van der Waals surface area contributed by atoms with E-state index in [2.05, 4.69) is 11.3 Å². The molecule has 1 aromatic rings. The van der Waals surface area contributed by atoms with Gasteiger partial charge in [0.05, 0.1) is 6.04 Å². The van der Waals surface area contributed by atoms with Gasteiger partial charge in [-0.1, -0.05) is 12.8 Å². The Hall–Kier alpha value is -0.790. The molecule has 0 unspecified atom stereocenters. The fourth-order valence-electron chi connectivity index (χ4n) is 1.62. The summed E-state index contributed by atoms with van der Waals surface area (Å²) in [5.41, 5.74) is 0. The van der Waals surface area contributed by atoms with E-state index < -0.39 is 0 Å². The van der Waals surface area contributed by atoms with Crippen LogP contribution in [0.2, 0.25) is 0 Å². The zero-order chi connectivity index (χ0) is 6.81. The highest BCUT2D eigenvalue weighted by molar-refractivity contribution is 4.82. The Morgan fingerprint density at radius 3 is 2.80 bits per heavy atom. The van der Waals surface area contributed by atoms with E-state index in [1.807, 2.05) is 16.9 Å². The predicted octanol–water partition coefficient (Wildman–Crippen LogP) is 1.80. The number of rotatable bonds is 1. The lowest BCUT2D eigenvalue weighted by Gasteiger charge is -2.07. The molecule has 2 heteroatoms. The molecule has 2 nitrogen and oxygen atoms in total. The standard InChI is InChI=1S/C8H11N2/c1-2-5-8(4-1)10-7-3-6-9-10/h3,7-8H,1-2,4-5H2. The van der Waals surface area contributed by atoms with E-state index in [9.17, 15) is 0 Å². The van der Waals surface area contributed by atoms with E-state index in [-0.39, 0.29) is 0 Å². The van der Waals surface area contributed by atoms with Gasteiger partial charge in [-0.15, -0.1) is 0 Å². The van der Waals surface area contributed by atoms with Crippen LogP contribution in [0, 0.1) is 6.20 Å². The molecule has 0 aromatic carbocycles. The van der Waals surface area contributed by atoms with Crippen molar-refractivity contribution in [2.45, 2.75) is 31.7 Å². The van der Waals surface area contributed by atoms with Crippen LogP contribution in [0.1, 0.15) is 31.7 Å². The first-order valence-electron chi connectivity index (χ1n) is 3.88. The maximum absolute atomic E-state index is 4.09. The van der Waals surface area contributed by atoms with Gasteiger partial charge in [0.1, 0.15) is 6.20 Å². The van der Waals surface area contributed by atoms with Crippen molar-refractivity contribution in [1.82, 2.24) is 9.78 Å². The normalized spacial score (nSPS) is 20.0. The Morgan fingerprint density at radius 1 is 1.40 bits per heavy atom. The number of hydrogen-bond acceptors (Lipinski definition) is 1. The Bertz CT molecular complexity index is 185. The molecule has 0 amide bonds. The lowest BCUT2D eigenvalue weighted by Crippen LogP contribution is -2.04. The predicted molar refractivity (Wildman–Crippen MR) is 38.6 cm³/mol. The molecule has 1 fully saturated rings. The van der Waals surface area contributed by atoms with E-state index in [4.69, 9.17) is 0 Å². The second-order valence-corrected chi connectivity index (χ2v) is 2.86. The summed E-state index contributed by atoms with van der Waals surface area (Å²) < 4.78 is 2.03. The second kappa shape index (κ2) is 2.45. The maximum Gasteiger partial charge on any atom is 0.113 e. The third kappa shape index (κ3) is 0.939. The SMILES string of the molecule is [c]1ccn(C2CCCC2)n1. The molecular weight excluding hydrogens is 124 g/mol. The number of aromatic nitrogens is 2. The summed E-state index contributed by atoms with van der Waals surface area (Å²) in [5, 5.41) is 4.09. The first-order chi connectivity index (χ1) is 4.97. The Kier molecular flexibility index (Phi) is 1.46. The molecule has 10 heavy (non-hydrogen) atoms. The minimum Gasteiger partial charge on any atom is -0.269 e. The van der Waals surface area contributed by atoms with Crippen molar-refractivity contribution in [1.29, 1.82) is 0 Å². The van der Waals surface area contributed by atoms with E-state index in [0.29, 0.717) is 6.04 Å². The Balaban J connectivity index is 2.12. The van der Waals surface area contributed by atoms with E-state index >= 15 is 0 Å². The van der Waals surface area contributed by atoms with Crippen LogP contribution in [0.4, 0.5) is 0 Å². The Morgan fingerprint density at radius 2 is 2.20 bits per heavy atom. The maximum atomic E-state index is 4.09. The smallest absolute Gasteiger partial charge is 0.113 e. The van der Waals surface area contributed by atoms with E-state index in [1.165, 1.54) is 25.7 Å². The average Bonchev–Trinajstić information content (AvgIpc) is 2.59. The van der Waals surface area contributed by atoms with Crippen LogP contribution in [-0.4, -0.2) is 9.78 Å². The molecule has 0 bridgehead atoms. The fourth-order valence-corrected chi connectivity index (χ4v) is 1.62. The molecule has 0 spiro atoms. The van der Waals surface area contributed by atoms with E-state index in [1.54, 1.807) is 0 Å². The van der Waals surface area contributed by atoms with Crippen LogP contribution < -0.4 is 0 Å². The van der Waals surface area contributed by atoms with Crippen LogP contribution in [0.3, 0.4) is 0 Å². The molecule has 1 heterocycles. The molecule has 1 aromatic heterocycles. The van der Waals surface area contributed by atoms with Gasteiger partial charge in [-0.2, -0.15) is 5.10 Å². The van der Waals surface area contributed by atoms with Crippen LogP contribution in [-0.2, 0) is 0 Å². The van der Waals surface area contributed by atoms with Crippen LogP contribution in [0.5, 0.6) is 0 Å². The van der Waals surface area contributed by atoms with Crippen molar-refractivity contribution in [3.8, 4) is 0 Å². The summed E-state index contributed by atoms with van der Waals surface area (Å²) in [6.07, 6.45) is 10.2. The second-order valence-electron chi connectivity index (χ2n) is 2.86. The van der Waals surface area contributed by atoms with Crippen LogP contribution in [0.25, 0.3) is 0 Å². The zero-order valence-electron chi connectivity index (χ0n) is 5.95. The quantitative estimate of drug-likeness (QED) is 0.574. The molecule has 0 aliphatic heterocycles. The molecule has 1 aliphatic rings. The molecule has 1 aliphatic carbocycles. The molecular formula is C8H11N2. The summed E-state index contributed by atoms with van der Waals surface area (Å²) in [5.74, 6) is 0. The van der Waals surface area contributed by atoms with Gasteiger partial charge in [0.15, 0.2) is 0 Å². The average molecular weight is 135 g/mol. The molecule has 0 atom stereocenters. The number of hydrogen-bond donors (Lipinski definition) is 0. The van der Waals surface area contributed by atoms with Crippen molar-refractivity contribution in [2.24, 2.45) is 0 Å². The van der Waals surface area contributed by atoms with Crippen LogP contribution in [0.15, 0.2) is 12.3 Å². The fraction of sp³-hybridized carbons (Fsp3) is 0.625. The highest BCUT2D eigenvalue weighted by Crippen LogP contribution is 2.27. The minimum absolute atomic E-state index is 0.672. The van der Waals surface area contributed by atoms with Gasteiger partial charge in [0, 0.05) is 6.20 Å². The molecule has 0 saturated heterocycles. The summed E-state index contributed by atoms with van der Waals surface area (Å²) in [7, 11) is 0. The topological polar surface area (TPSA) is 17.8 Å². The van der Waals surface area contributed by atoms with Gasteiger partial charge in [-0.05, 0) is 18.9 Å².